The summed E-state index contributed by atoms with van der Waals surface area (Å²) in [6.45, 7) is 12.0. The van der Waals surface area contributed by atoms with Crippen LogP contribution in [0.3, 0.4) is 0 Å². The van der Waals surface area contributed by atoms with E-state index in [4.69, 9.17) is 4.74 Å². The van der Waals surface area contributed by atoms with Gasteiger partial charge in [0, 0.05) is 0 Å². The van der Waals surface area contributed by atoms with Gasteiger partial charge in [0.1, 0.15) is 19.4 Å². The summed E-state index contributed by atoms with van der Waals surface area (Å²) in [6, 6.07) is 3.56. The first kappa shape index (κ1) is 16.3. The van der Waals surface area contributed by atoms with Crippen molar-refractivity contribution in [1.82, 2.24) is 4.98 Å². The second-order valence-electron chi connectivity index (χ2n) is 6.56. The Morgan fingerprint density at radius 1 is 1.30 bits per heavy atom. The smallest absolute Gasteiger partial charge is 0.412 e. The number of hydrogen-bond acceptors (Lipinski definition) is 3. The zero-order valence-corrected chi connectivity index (χ0v) is 14.0. The van der Waals surface area contributed by atoms with E-state index in [1.165, 1.54) is 0 Å². The van der Waals surface area contributed by atoms with E-state index >= 15 is 0 Å². The lowest BCUT2D eigenvalue weighted by molar-refractivity contribution is 0.0636. The van der Waals surface area contributed by atoms with Gasteiger partial charge in [-0.1, -0.05) is 25.6 Å². The van der Waals surface area contributed by atoms with E-state index in [1.807, 2.05) is 20.8 Å². The average molecular weight is 290 g/mol. The Kier molecular flexibility index (Phi) is 4.96. The van der Waals surface area contributed by atoms with Crippen LogP contribution >= 0.6 is 0 Å². The Morgan fingerprint density at radius 2 is 1.95 bits per heavy atom. The maximum Gasteiger partial charge on any atom is 0.412 e. The summed E-state index contributed by atoms with van der Waals surface area (Å²) in [5, 5.41) is 2.63. The molecule has 20 heavy (non-hydrogen) atoms. The predicted molar refractivity (Wildman–Crippen MR) is 84.3 cm³/mol. The van der Waals surface area contributed by atoms with Gasteiger partial charge < -0.3 is 4.74 Å². The predicted octanol–water partition coefficient (Wildman–Crippen LogP) is 3.66. The van der Waals surface area contributed by atoms with E-state index in [1.54, 1.807) is 18.3 Å². The average Bonchev–Trinajstić information content (AvgIpc) is 2.24. The molecule has 1 N–H and O–H groups in total. The number of carbonyl (C=O) groups is 1. The normalized spacial score (nSPS) is 11.3. The molecule has 0 saturated carbocycles. The van der Waals surface area contributed by atoms with Gasteiger partial charge in [-0.25, -0.2) is 9.78 Å². The summed E-state index contributed by atoms with van der Waals surface area (Å²) in [6.07, 6.45) is 1.10. The molecule has 108 valence electrons. The van der Waals surface area contributed by atoms with Crippen molar-refractivity contribution in [1.29, 1.82) is 0 Å². The number of nitrogens with one attached hydrogen (secondary N) is 1. The Balaban J connectivity index is 2.67. The Labute approximate surface area is 122 Å². The first-order valence-electron chi connectivity index (χ1n) is 6.54. The molecule has 0 bridgehead atoms. The molecule has 5 heteroatoms. The lowest BCUT2D eigenvalue weighted by atomic mass is 10.2. The maximum atomic E-state index is 11.6. The van der Waals surface area contributed by atoms with Crippen molar-refractivity contribution >= 4 is 19.9 Å². The monoisotopic (exact) mass is 290 g/mol. The van der Waals surface area contributed by atoms with E-state index < -0.39 is 19.8 Å². The number of ether oxygens (including phenoxy) is 1. The van der Waals surface area contributed by atoms with Gasteiger partial charge in [-0.3, -0.25) is 5.32 Å². The molecule has 4 nitrogen and oxygen atoms in total. The summed E-state index contributed by atoms with van der Waals surface area (Å²) in [5.74, 6) is 3.06. The summed E-state index contributed by atoms with van der Waals surface area (Å²) in [5.41, 5.74) is 4.04. The number of aromatic nitrogens is 1. The molecule has 0 spiro atoms. The molecule has 1 aromatic heterocycles. The summed E-state index contributed by atoms with van der Waals surface area (Å²) >= 11 is 0. The highest BCUT2D eigenvalue weighted by atomic mass is 28.3. The van der Waals surface area contributed by atoms with Crippen molar-refractivity contribution in [2.24, 2.45) is 0 Å². The Hall–Kier alpha value is -1.80. The second-order valence-corrected chi connectivity index (χ2v) is 11.3. The zero-order valence-electron chi connectivity index (χ0n) is 13.0. The number of pyridine rings is 1. The molecule has 0 saturated heterocycles. The molecule has 1 aromatic rings. The van der Waals surface area contributed by atoms with Gasteiger partial charge in [0.2, 0.25) is 0 Å². The minimum Gasteiger partial charge on any atom is -0.444 e. The van der Waals surface area contributed by atoms with Gasteiger partial charge in [0.05, 0.1) is 11.9 Å². The maximum absolute atomic E-state index is 11.6. The van der Waals surface area contributed by atoms with Crippen molar-refractivity contribution in [3.05, 3.63) is 24.0 Å². The van der Waals surface area contributed by atoms with Gasteiger partial charge in [0.25, 0.3) is 0 Å². The first-order valence-corrected chi connectivity index (χ1v) is 10.0. The molecule has 0 aliphatic carbocycles. The molecular formula is C15H22N2O2Si. The van der Waals surface area contributed by atoms with Crippen LogP contribution in [0.4, 0.5) is 10.5 Å². The van der Waals surface area contributed by atoms with Crippen molar-refractivity contribution in [3.8, 4) is 11.5 Å². The van der Waals surface area contributed by atoms with Crippen LogP contribution in [0.5, 0.6) is 0 Å². The van der Waals surface area contributed by atoms with Crippen LogP contribution in [0.25, 0.3) is 0 Å². The van der Waals surface area contributed by atoms with Crippen molar-refractivity contribution in [2.45, 2.75) is 46.0 Å². The number of hydrogen-bond donors (Lipinski definition) is 1. The van der Waals surface area contributed by atoms with Gasteiger partial charge >= 0.3 is 6.09 Å². The topological polar surface area (TPSA) is 51.2 Å². The quantitative estimate of drug-likeness (QED) is 0.634. The van der Waals surface area contributed by atoms with Crippen LogP contribution in [0.2, 0.25) is 19.6 Å². The molecule has 0 aromatic carbocycles. The molecule has 1 rings (SSSR count). The largest absolute Gasteiger partial charge is 0.444 e. The SMILES string of the molecule is CC(C)(C)OC(=O)Nc1ccc(C#C[Si](C)(C)C)nc1. The number of nitrogens with zero attached hydrogens (tertiary/aromatic N) is 1. The lowest BCUT2D eigenvalue weighted by Gasteiger charge is -2.19. The molecule has 0 radical (unpaired) electrons. The van der Waals surface area contributed by atoms with Gasteiger partial charge in [-0.2, -0.15) is 0 Å². The van der Waals surface area contributed by atoms with Gasteiger partial charge in [0.15, 0.2) is 0 Å². The number of amides is 1. The first-order chi connectivity index (χ1) is 9.05. The third kappa shape index (κ3) is 6.95. The highest BCUT2D eigenvalue weighted by Crippen LogP contribution is 2.11. The van der Waals surface area contributed by atoms with Crippen molar-refractivity contribution in [2.75, 3.05) is 5.32 Å². The van der Waals surface area contributed by atoms with Crippen molar-refractivity contribution in [3.63, 3.8) is 0 Å². The molecule has 1 heterocycles. The van der Waals surface area contributed by atoms with Crippen LogP contribution in [0, 0.1) is 11.5 Å². The molecule has 0 aliphatic rings. The zero-order chi connectivity index (χ0) is 15.4. The van der Waals surface area contributed by atoms with Crippen molar-refractivity contribution < 1.29 is 9.53 Å². The van der Waals surface area contributed by atoms with Gasteiger partial charge in [-0.15, -0.1) is 5.54 Å². The molecule has 0 fully saturated rings. The fourth-order valence-electron chi connectivity index (χ4n) is 1.21. The van der Waals surface area contributed by atoms with Crippen LogP contribution in [0.15, 0.2) is 18.3 Å². The third-order valence-electron chi connectivity index (χ3n) is 1.97. The summed E-state index contributed by atoms with van der Waals surface area (Å²) < 4.78 is 5.16. The van der Waals surface area contributed by atoms with E-state index in [0.717, 1.165) is 0 Å². The molecule has 0 unspecified atom stereocenters. The fraction of sp³-hybridized carbons (Fsp3) is 0.467. The van der Waals surface area contributed by atoms with Crippen LogP contribution in [-0.2, 0) is 4.74 Å². The van der Waals surface area contributed by atoms with Crippen LogP contribution in [0.1, 0.15) is 26.5 Å². The standard InChI is InChI=1S/C15H22N2O2Si/c1-15(2,3)19-14(18)17-13-8-7-12(16-11-13)9-10-20(4,5)6/h7-8,11H,1-6H3,(H,17,18). The summed E-state index contributed by atoms with van der Waals surface area (Å²) in [7, 11) is -1.40. The molecule has 1 amide bonds. The Bertz CT molecular complexity index is 528. The van der Waals surface area contributed by atoms with E-state index in [9.17, 15) is 4.79 Å². The highest BCUT2D eigenvalue weighted by Gasteiger charge is 2.16. The second kappa shape index (κ2) is 6.10. The molecular weight excluding hydrogens is 268 g/mol. The number of carbonyl (C=O) groups excluding carboxylic acids is 1. The summed E-state index contributed by atoms with van der Waals surface area (Å²) in [4.78, 5) is 15.8. The van der Waals surface area contributed by atoms with Crippen LogP contribution < -0.4 is 5.32 Å². The lowest BCUT2D eigenvalue weighted by Crippen LogP contribution is -2.27. The van der Waals surface area contributed by atoms with E-state index in [0.29, 0.717) is 11.4 Å². The third-order valence-corrected chi connectivity index (χ3v) is 2.85. The van der Waals surface area contributed by atoms with Crippen LogP contribution in [-0.4, -0.2) is 24.8 Å². The minimum atomic E-state index is -1.40. The van der Waals surface area contributed by atoms with E-state index in [2.05, 4.69) is 41.4 Å². The number of anilines is 1. The van der Waals surface area contributed by atoms with Gasteiger partial charge in [-0.05, 0) is 32.9 Å². The molecule has 0 aliphatic heterocycles. The minimum absolute atomic E-state index is 0.486. The Morgan fingerprint density at radius 3 is 2.40 bits per heavy atom. The highest BCUT2D eigenvalue weighted by molar-refractivity contribution is 6.83. The fourth-order valence-corrected chi connectivity index (χ4v) is 1.72. The molecule has 0 atom stereocenters. The van der Waals surface area contributed by atoms with E-state index in [-0.39, 0.29) is 0 Å². The number of rotatable bonds is 1.